The van der Waals surface area contributed by atoms with Gasteiger partial charge in [-0.1, -0.05) is 41.0 Å². The average Bonchev–Trinajstić information content (AvgIpc) is 2.60. The van der Waals surface area contributed by atoms with Gasteiger partial charge in [-0.3, -0.25) is 10.1 Å². The largest absolute Gasteiger partial charge is 0.330 e. The first-order valence-electron chi connectivity index (χ1n) is 11.0. The lowest BCUT2D eigenvalue weighted by atomic mass is 9.69. The minimum absolute atomic E-state index is 0.0295. The van der Waals surface area contributed by atoms with Crippen molar-refractivity contribution in [1.29, 1.82) is 0 Å². The molecule has 0 aromatic carbocycles. The molecule has 4 atom stereocenters. The molecule has 6 nitrogen and oxygen atoms in total. The van der Waals surface area contributed by atoms with E-state index in [2.05, 4.69) is 59.1 Å². The minimum atomic E-state index is -1.05. The van der Waals surface area contributed by atoms with Crippen LogP contribution in [0.4, 0.5) is 0 Å². The molecule has 0 rings (SSSR count). The number of carbonyl (C=O) groups is 2. The van der Waals surface area contributed by atoms with Gasteiger partial charge in [0.05, 0.1) is 23.2 Å². The summed E-state index contributed by atoms with van der Waals surface area (Å²) in [5.41, 5.74) is 9.97. The molecule has 0 saturated heterocycles. The second kappa shape index (κ2) is 10.5. The Morgan fingerprint density at radius 1 is 1.03 bits per heavy atom. The Hall–Kier alpha value is -0.820. The topological polar surface area (TPSA) is 110 Å². The van der Waals surface area contributed by atoms with Crippen LogP contribution in [-0.4, -0.2) is 41.9 Å². The van der Waals surface area contributed by atoms with Gasteiger partial charge < -0.3 is 21.6 Å². The first kappa shape index (κ1) is 28.2. The van der Waals surface area contributed by atoms with Crippen molar-refractivity contribution in [3.05, 3.63) is 0 Å². The summed E-state index contributed by atoms with van der Waals surface area (Å²) in [5.74, 6) is 0.212. The number of nitrogens with one attached hydrogen (secondary N) is 2. The maximum absolute atomic E-state index is 13.8. The SMILES string of the molecule is CCC(C)C(NC(C)(C)C(C)(C)C)C(=O)C(C)(C)C(C)(N)NC(C=O)CCCN. The Labute approximate surface area is 179 Å². The summed E-state index contributed by atoms with van der Waals surface area (Å²) in [6, 6.07) is -0.769. The average molecular weight is 413 g/mol. The van der Waals surface area contributed by atoms with Crippen molar-refractivity contribution in [2.75, 3.05) is 6.54 Å². The Morgan fingerprint density at radius 3 is 1.93 bits per heavy atom. The smallest absolute Gasteiger partial charge is 0.158 e. The van der Waals surface area contributed by atoms with Gasteiger partial charge in [-0.25, -0.2) is 0 Å². The highest BCUT2D eigenvalue weighted by atomic mass is 16.1. The van der Waals surface area contributed by atoms with Crippen LogP contribution in [-0.2, 0) is 9.59 Å². The molecule has 0 radical (unpaired) electrons. The van der Waals surface area contributed by atoms with Crippen LogP contribution in [0.25, 0.3) is 0 Å². The molecule has 0 bridgehead atoms. The predicted octanol–water partition coefficient (Wildman–Crippen LogP) is 2.98. The zero-order chi connectivity index (χ0) is 23.3. The van der Waals surface area contributed by atoms with Gasteiger partial charge in [-0.15, -0.1) is 0 Å². The molecule has 0 aromatic rings. The molecule has 0 heterocycles. The Bertz CT molecular complexity index is 535. The summed E-state index contributed by atoms with van der Waals surface area (Å²) in [5, 5.41) is 6.85. The number of nitrogens with two attached hydrogens (primary N) is 2. The van der Waals surface area contributed by atoms with Crippen LogP contribution in [0.1, 0.15) is 88.5 Å². The lowest BCUT2D eigenvalue weighted by Crippen LogP contribution is -2.69. The summed E-state index contributed by atoms with van der Waals surface area (Å²) in [4.78, 5) is 25.3. The van der Waals surface area contributed by atoms with Gasteiger partial charge >= 0.3 is 0 Å². The highest BCUT2D eigenvalue weighted by Gasteiger charge is 2.49. The lowest BCUT2D eigenvalue weighted by Gasteiger charge is -2.48. The van der Waals surface area contributed by atoms with E-state index in [1.807, 2.05) is 13.8 Å². The molecule has 6 heteroatoms. The highest BCUT2D eigenvalue weighted by Crippen LogP contribution is 2.35. The minimum Gasteiger partial charge on any atom is -0.330 e. The number of hydrogen-bond acceptors (Lipinski definition) is 6. The van der Waals surface area contributed by atoms with E-state index in [4.69, 9.17) is 11.5 Å². The van der Waals surface area contributed by atoms with Gasteiger partial charge in [-0.2, -0.15) is 0 Å². The third kappa shape index (κ3) is 7.12. The number of hydrogen-bond donors (Lipinski definition) is 4. The van der Waals surface area contributed by atoms with Gasteiger partial charge in [0.1, 0.15) is 6.29 Å². The summed E-state index contributed by atoms with van der Waals surface area (Å²) in [6.45, 7) is 21.0. The van der Waals surface area contributed by atoms with E-state index in [0.29, 0.717) is 13.0 Å². The maximum atomic E-state index is 13.8. The number of Topliss-reactive ketones (excluding diaryl/α,β-unsaturated/α-hetero) is 1. The Morgan fingerprint density at radius 2 is 1.55 bits per heavy atom. The standard InChI is InChI=1S/C23H48N4O2/c1-11-16(2)18(27-22(8,9)20(3,4)5)19(29)21(6,7)23(10,25)26-17(15-28)13-12-14-24/h15-18,26-27H,11-14,24-25H2,1-10H3. The van der Waals surface area contributed by atoms with Crippen molar-refractivity contribution >= 4 is 12.1 Å². The second-order valence-electron chi connectivity index (χ2n) is 10.9. The van der Waals surface area contributed by atoms with Crippen LogP contribution < -0.4 is 22.1 Å². The Balaban J connectivity index is 5.81. The summed E-state index contributed by atoms with van der Waals surface area (Å²) in [7, 11) is 0. The molecular formula is C23H48N4O2. The van der Waals surface area contributed by atoms with Gasteiger partial charge in [-0.05, 0) is 65.3 Å². The van der Waals surface area contributed by atoms with Gasteiger partial charge in [0, 0.05) is 5.54 Å². The molecule has 6 N–H and O–H groups in total. The van der Waals surface area contributed by atoms with Crippen molar-refractivity contribution in [2.24, 2.45) is 28.2 Å². The highest BCUT2D eigenvalue weighted by molar-refractivity contribution is 5.90. The lowest BCUT2D eigenvalue weighted by molar-refractivity contribution is -0.136. The van der Waals surface area contributed by atoms with Crippen molar-refractivity contribution in [3.8, 4) is 0 Å². The van der Waals surface area contributed by atoms with E-state index in [0.717, 1.165) is 19.1 Å². The molecule has 0 saturated carbocycles. The van der Waals surface area contributed by atoms with Crippen LogP contribution in [0.3, 0.4) is 0 Å². The van der Waals surface area contributed by atoms with Gasteiger partial charge in [0.25, 0.3) is 0 Å². The monoisotopic (exact) mass is 412 g/mol. The van der Waals surface area contributed by atoms with Crippen molar-refractivity contribution in [2.45, 2.75) is 112 Å². The molecular weight excluding hydrogens is 364 g/mol. The molecule has 29 heavy (non-hydrogen) atoms. The van der Waals surface area contributed by atoms with Gasteiger partial charge in [0.15, 0.2) is 5.78 Å². The van der Waals surface area contributed by atoms with Crippen molar-refractivity contribution < 1.29 is 9.59 Å². The third-order valence-electron chi connectivity index (χ3n) is 7.17. The second-order valence-corrected chi connectivity index (χ2v) is 10.9. The molecule has 172 valence electrons. The van der Waals surface area contributed by atoms with Crippen LogP contribution in [0.15, 0.2) is 0 Å². The summed E-state index contributed by atoms with van der Waals surface area (Å²) >= 11 is 0. The number of ketones is 1. The predicted molar refractivity (Wildman–Crippen MR) is 123 cm³/mol. The molecule has 0 amide bonds. The normalized spacial score (nSPS) is 18.6. The third-order valence-corrected chi connectivity index (χ3v) is 7.17. The molecule has 0 aliphatic carbocycles. The quantitative estimate of drug-likeness (QED) is 0.273. The van der Waals surface area contributed by atoms with Crippen molar-refractivity contribution in [1.82, 2.24) is 10.6 Å². The molecule has 0 aliphatic rings. The van der Waals surface area contributed by atoms with Crippen LogP contribution in [0.5, 0.6) is 0 Å². The first-order chi connectivity index (χ1) is 13.0. The van der Waals surface area contributed by atoms with E-state index in [-0.39, 0.29) is 28.7 Å². The van der Waals surface area contributed by atoms with E-state index in [1.54, 1.807) is 6.92 Å². The summed E-state index contributed by atoms with van der Waals surface area (Å²) < 4.78 is 0. The molecule has 0 aromatic heterocycles. The fraction of sp³-hybridized carbons (Fsp3) is 0.913. The van der Waals surface area contributed by atoms with Crippen LogP contribution in [0, 0.1) is 16.7 Å². The molecule has 0 spiro atoms. The first-order valence-corrected chi connectivity index (χ1v) is 11.0. The number of rotatable bonds is 13. The summed E-state index contributed by atoms with van der Waals surface area (Å²) in [6.07, 6.45) is 3.05. The fourth-order valence-corrected chi connectivity index (χ4v) is 3.03. The molecule has 0 fully saturated rings. The zero-order valence-corrected chi connectivity index (χ0v) is 20.6. The molecule has 0 aliphatic heterocycles. The van der Waals surface area contributed by atoms with E-state index in [9.17, 15) is 9.59 Å². The maximum Gasteiger partial charge on any atom is 0.158 e. The van der Waals surface area contributed by atoms with E-state index >= 15 is 0 Å². The van der Waals surface area contributed by atoms with Crippen LogP contribution in [0.2, 0.25) is 0 Å². The van der Waals surface area contributed by atoms with Crippen LogP contribution >= 0.6 is 0 Å². The van der Waals surface area contributed by atoms with Gasteiger partial charge in [0.2, 0.25) is 0 Å². The zero-order valence-electron chi connectivity index (χ0n) is 20.6. The van der Waals surface area contributed by atoms with E-state index in [1.165, 1.54) is 0 Å². The van der Waals surface area contributed by atoms with E-state index < -0.39 is 17.1 Å². The Kier molecular flexibility index (Phi) is 10.2. The number of carbonyl (C=O) groups excluding carboxylic acids is 2. The van der Waals surface area contributed by atoms with Crippen molar-refractivity contribution in [3.63, 3.8) is 0 Å². The number of aldehydes is 1. The molecule has 4 unspecified atom stereocenters. The fourth-order valence-electron chi connectivity index (χ4n) is 3.03.